The predicted octanol–water partition coefficient (Wildman–Crippen LogP) is 1.23. The van der Waals surface area contributed by atoms with E-state index >= 15 is 0 Å². The summed E-state index contributed by atoms with van der Waals surface area (Å²) in [7, 11) is 0. The smallest absolute Gasteiger partial charge is 0.142 e. The van der Waals surface area contributed by atoms with E-state index in [-0.39, 0.29) is 0 Å². The monoisotopic (exact) mass is 221 g/mol. The molecule has 1 fully saturated rings. The molecule has 88 valence electrons. The van der Waals surface area contributed by atoms with Crippen LogP contribution in [0.15, 0.2) is 0 Å². The van der Waals surface area contributed by atoms with Gasteiger partial charge in [-0.15, -0.1) is 0 Å². The topological polar surface area (TPSA) is 38.2 Å². The Morgan fingerprint density at radius 1 is 1.06 bits per heavy atom. The fraction of sp³-hybridized carbons (Fsp3) is 0.667. The second kappa shape index (κ2) is 4.89. The third-order valence-electron chi connectivity index (χ3n) is 3.15. The normalized spacial score (nSPS) is 17.7. The van der Waals surface area contributed by atoms with Gasteiger partial charge in [-0.3, -0.25) is 4.90 Å². The van der Waals surface area contributed by atoms with Crippen molar-refractivity contribution in [3.05, 3.63) is 22.8 Å². The van der Waals surface area contributed by atoms with Crippen LogP contribution >= 0.6 is 0 Å². The maximum atomic E-state index is 5.32. The summed E-state index contributed by atoms with van der Waals surface area (Å²) in [5.41, 5.74) is 3.39. The summed E-state index contributed by atoms with van der Waals surface area (Å²) in [6.07, 6.45) is 0. The van der Waals surface area contributed by atoms with E-state index in [0.29, 0.717) is 0 Å². The minimum Gasteiger partial charge on any atom is -0.379 e. The van der Waals surface area contributed by atoms with Crippen LogP contribution in [0.2, 0.25) is 0 Å². The third kappa shape index (κ3) is 2.57. The van der Waals surface area contributed by atoms with Crippen LogP contribution in [0.1, 0.15) is 22.8 Å². The number of aromatic nitrogens is 2. The van der Waals surface area contributed by atoms with Crippen molar-refractivity contribution >= 4 is 0 Å². The molecule has 0 radical (unpaired) electrons. The zero-order valence-corrected chi connectivity index (χ0v) is 10.3. The van der Waals surface area contributed by atoms with Gasteiger partial charge >= 0.3 is 0 Å². The van der Waals surface area contributed by atoms with Crippen LogP contribution in [0.3, 0.4) is 0 Å². The summed E-state index contributed by atoms with van der Waals surface area (Å²) >= 11 is 0. The molecule has 1 aromatic heterocycles. The highest BCUT2D eigenvalue weighted by molar-refractivity contribution is 5.22. The van der Waals surface area contributed by atoms with Crippen LogP contribution in [0.25, 0.3) is 0 Å². The number of rotatable bonds is 2. The molecule has 0 aromatic carbocycles. The summed E-state index contributed by atoms with van der Waals surface area (Å²) in [5, 5.41) is 0. The Kier molecular flexibility index (Phi) is 3.51. The van der Waals surface area contributed by atoms with E-state index in [9.17, 15) is 0 Å². The van der Waals surface area contributed by atoms with Crippen LogP contribution in [-0.2, 0) is 11.3 Å². The largest absolute Gasteiger partial charge is 0.379 e. The van der Waals surface area contributed by atoms with E-state index in [2.05, 4.69) is 21.8 Å². The quantitative estimate of drug-likeness (QED) is 0.753. The highest BCUT2D eigenvalue weighted by Crippen LogP contribution is 2.10. The van der Waals surface area contributed by atoms with Gasteiger partial charge in [0.15, 0.2) is 0 Å². The van der Waals surface area contributed by atoms with Gasteiger partial charge in [0.05, 0.1) is 19.8 Å². The number of ether oxygens (including phenoxy) is 1. The first-order valence-electron chi connectivity index (χ1n) is 5.77. The van der Waals surface area contributed by atoms with Crippen molar-refractivity contribution in [2.45, 2.75) is 27.3 Å². The molecule has 0 amide bonds. The second-order valence-electron chi connectivity index (χ2n) is 4.32. The van der Waals surface area contributed by atoms with Crippen molar-refractivity contribution in [2.24, 2.45) is 0 Å². The van der Waals surface area contributed by atoms with Gasteiger partial charge in [-0.2, -0.15) is 0 Å². The molecule has 0 spiro atoms. The van der Waals surface area contributed by atoms with Crippen LogP contribution in [-0.4, -0.2) is 41.2 Å². The van der Waals surface area contributed by atoms with Crippen molar-refractivity contribution < 1.29 is 4.74 Å². The maximum absolute atomic E-state index is 5.32. The number of hydrogen-bond donors (Lipinski definition) is 0. The number of hydrogen-bond acceptors (Lipinski definition) is 4. The second-order valence-corrected chi connectivity index (χ2v) is 4.32. The Hall–Kier alpha value is -1.00. The zero-order chi connectivity index (χ0) is 11.5. The molecule has 1 aliphatic rings. The third-order valence-corrected chi connectivity index (χ3v) is 3.15. The fourth-order valence-corrected chi connectivity index (χ4v) is 1.87. The van der Waals surface area contributed by atoms with Gasteiger partial charge < -0.3 is 4.74 Å². The van der Waals surface area contributed by atoms with Crippen LogP contribution < -0.4 is 0 Å². The molecule has 0 N–H and O–H groups in total. The molecule has 4 nitrogen and oxygen atoms in total. The highest BCUT2D eigenvalue weighted by Gasteiger charge is 2.13. The molecule has 0 saturated carbocycles. The average molecular weight is 221 g/mol. The molecule has 1 aromatic rings. The number of aryl methyl sites for hydroxylation is 2. The van der Waals surface area contributed by atoms with Crippen molar-refractivity contribution in [3.8, 4) is 0 Å². The summed E-state index contributed by atoms with van der Waals surface area (Å²) < 4.78 is 5.32. The molecule has 0 unspecified atom stereocenters. The SMILES string of the molecule is Cc1nc(CN2CCOCC2)nc(C)c1C. The summed E-state index contributed by atoms with van der Waals surface area (Å²) in [6.45, 7) is 10.6. The number of nitrogens with zero attached hydrogens (tertiary/aromatic N) is 3. The Morgan fingerprint density at radius 3 is 2.19 bits per heavy atom. The molecule has 2 heterocycles. The summed E-state index contributed by atoms with van der Waals surface area (Å²) in [4.78, 5) is 11.4. The fourth-order valence-electron chi connectivity index (χ4n) is 1.87. The maximum Gasteiger partial charge on any atom is 0.142 e. The van der Waals surface area contributed by atoms with Gasteiger partial charge in [0.1, 0.15) is 5.82 Å². The average Bonchev–Trinajstić information content (AvgIpc) is 2.27. The lowest BCUT2D eigenvalue weighted by Crippen LogP contribution is -2.36. The Labute approximate surface area is 96.7 Å². The van der Waals surface area contributed by atoms with Gasteiger partial charge in [-0.05, 0) is 26.3 Å². The van der Waals surface area contributed by atoms with E-state index in [1.807, 2.05) is 13.8 Å². The first-order chi connectivity index (χ1) is 7.66. The zero-order valence-electron chi connectivity index (χ0n) is 10.3. The molecule has 0 bridgehead atoms. The molecule has 0 atom stereocenters. The van der Waals surface area contributed by atoms with Gasteiger partial charge in [0.2, 0.25) is 0 Å². The van der Waals surface area contributed by atoms with Crippen LogP contribution in [0.5, 0.6) is 0 Å². The minimum absolute atomic E-state index is 0.823. The molecule has 4 heteroatoms. The van der Waals surface area contributed by atoms with E-state index in [1.54, 1.807) is 0 Å². The molecule has 1 saturated heterocycles. The first kappa shape index (κ1) is 11.5. The molecular formula is C12H19N3O. The molecular weight excluding hydrogens is 202 g/mol. The van der Waals surface area contributed by atoms with Gasteiger partial charge in [-0.1, -0.05) is 0 Å². The summed E-state index contributed by atoms with van der Waals surface area (Å²) in [6, 6.07) is 0. The molecule has 16 heavy (non-hydrogen) atoms. The van der Waals surface area contributed by atoms with Gasteiger partial charge in [0.25, 0.3) is 0 Å². The van der Waals surface area contributed by atoms with E-state index < -0.39 is 0 Å². The van der Waals surface area contributed by atoms with Crippen LogP contribution in [0.4, 0.5) is 0 Å². The lowest BCUT2D eigenvalue weighted by atomic mass is 10.2. The standard InChI is InChI=1S/C12H19N3O/c1-9-10(2)13-12(14-11(9)3)8-15-4-6-16-7-5-15/h4-8H2,1-3H3. The number of morpholine rings is 1. The summed E-state index contributed by atoms with van der Waals surface area (Å²) in [5.74, 6) is 0.933. The van der Waals surface area contributed by atoms with Crippen molar-refractivity contribution in [1.29, 1.82) is 0 Å². The van der Waals surface area contributed by atoms with Gasteiger partial charge in [-0.25, -0.2) is 9.97 Å². The van der Waals surface area contributed by atoms with E-state index in [1.165, 1.54) is 5.56 Å². The molecule has 2 rings (SSSR count). The highest BCUT2D eigenvalue weighted by atomic mass is 16.5. The molecule has 1 aliphatic heterocycles. The molecule has 0 aliphatic carbocycles. The van der Waals surface area contributed by atoms with Gasteiger partial charge in [0, 0.05) is 24.5 Å². The Bertz CT molecular complexity index is 350. The Morgan fingerprint density at radius 2 is 1.62 bits per heavy atom. The lowest BCUT2D eigenvalue weighted by molar-refractivity contribution is 0.0330. The van der Waals surface area contributed by atoms with Crippen molar-refractivity contribution in [1.82, 2.24) is 14.9 Å². The van der Waals surface area contributed by atoms with Crippen LogP contribution in [0, 0.1) is 20.8 Å². The predicted molar refractivity (Wildman–Crippen MR) is 62.3 cm³/mol. The van der Waals surface area contributed by atoms with E-state index in [4.69, 9.17) is 4.74 Å². The Balaban J connectivity index is 2.09. The minimum atomic E-state index is 0.823. The van der Waals surface area contributed by atoms with Crippen molar-refractivity contribution in [3.63, 3.8) is 0 Å². The van der Waals surface area contributed by atoms with E-state index in [0.717, 1.165) is 50.1 Å². The van der Waals surface area contributed by atoms with Crippen molar-refractivity contribution in [2.75, 3.05) is 26.3 Å². The first-order valence-corrected chi connectivity index (χ1v) is 5.77. The lowest BCUT2D eigenvalue weighted by Gasteiger charge is -2.26.